The van der Waals surface area contributed by atoms with Crippen LogP contribution in [0.3, 0.4) is 0 Å². The van der Waals surface area contributed by atoms with E-state index >= 15 is 0 Å². The Kier molecular flexibility index (Phi) is 4.36. The summed E-state index contributed by atoms with van der Waals surface area (Å²) in [4.78, 5) is 10.4. The Bertz CT molecular complexity index is 822. The molecule has 0 unspecified atom stereocenters. The van der Waals surface area contributed by atoms with E-state index in [1.807, 2.05) is 12.1 Å². The van der Waals surface area contributed by atoms with E-state index in [1.54, 1.807) is 23.5 Å². The number of halogens is 3. The Labute approximate surface area is 144 Å². The molecule has 0 saturated heterocycles. The van der Waals surface area contributed by atoms with E-state index in [1.165, 1.54) is 4.88 Å². The van der Waals surface area contributed by atoms with Crippen LogP contribution in [0.2, 0.25) is 10.3 Å². The van der Waals surface area contributed by atoms with Gasteiger partial charge in [0, 0.05) is 9.35 Å². The molecule has 0 bridgehead atoms. The summed E-state index contributed by atoms with van der Waals surface area (Å²) < 4.78 is 6.72. The van der Waals surface area contributed by atoms with Gasteiger partial charge in [-0.3, -0.25) is 0 Å². The third-order valence-corrected chi connectivity index (χ3v) is 4.98. The maximum Gasteiger partial charge on any atom is 0.232 e. The van der Waals surface area contributed by atoms with Gasteiger partial charge in [0.2, 0.25) is 11.2 Å². The second-order valence-corrected chi connectivity index (χ2v) is 7.04. The Morgan fingerprint density at radius 1 is 1.24 bits per heavy atom. The van der Waals surface area contributed by atoms with Crippen molar-refractivity contribution in [3.8, 4) is 11.6 Å². The quantitative estimate of drug-likeness (QED) is 0.494. The van der Waals surface area contributed by atoms with E-state index in [0.717, 1.165) is 21.1 Å². The lowest BCUT2D eigenvalue weighted by atomic mass is 10.3. The molecule has 0 radical (unpaired) electrons. The van der Waals surface area contributed by atoms with Crippen LogP contribution in [0.15, 0.2) is 28.7 Å². The first-order valence-corrected chi connectivity index (χ1v) is 8.52. The van der Waals surface area contributed by atoms with Crippen molar-refractivity contribution in [1.29, 1.82) is 0 Å². The molecular weight excluding hydrogens is 395 g/mol. The van der Waals surface area contributed by atoms with Gasteiger partial charge < -0.3 is 4.74 Å². The molecule has 0 aliphatic rings. The summed E-state index contributed by atoms with van der Waals surface area (Å²) in [5, 5.41) is 1.51. The zero-order chi connectivity index (χ0) is 15.0. The van der Waals surface area contributed by atoms with Crippen LogP contribution in [0.25, 0.3) is 10.2 Å². The lowest BCUT2D eigenvalue weighted by Gasteiger charge is -2.08. The summed E-state index contributed by atoms with van der Waals surface area (Å²) in [5.41, 5.74) is 0. The number of aryl methyl sites for hydroxylation is 1. The van der Waals surface area contributed by atoms with Crippen LogP contribution in [0, 0.1) is 0 Å². The number of ether oxygens (including phenoxy) is 1. The topological polar surface area (TPSA) is 35.0 Å². The van der Waals surface area contributed by atoms with Crippen molar-refractivity contribution in [2.45, 2.75) is 13.3 Å². The monoisotopic (exact) mass is 402 g/mol. The SMILES string of the molecule is CCc1cc2c(Oc3cc(Br)ccc3Cl)nc(Cl)nc2s1. The number of hydrogen-bond donors (Lipinski definition) is 0. The molecule has 3 nitrogen and oxygen atoms in total. The fourth-order valence-corrected chi connectivity index (χ4v) is 3.50. The molecule has 0 N–H and O–H groups in total. The molecule has 2 heterocycles. The summed E-state index contributed by atoms with van der Waals surface area (Å²) in [6.07, 6.45) is 0.926. The number of fused-ring (bicyclic) bond motifs is 1. The molecule has 0 saturated carbocycles. The molecule has 0 fully saturated rings. The highest BCUT2D eigenvalue weighted by molar-refractivity contribution is 9.10. The molecule has 0 spiro atoms. The molecule has 0 aliphatic carbocycles. The number of rotatable bonds is 3. The molecule has 108 valence electrons. The predicted molar refractivity (Wildman–Crippen MR) is 91.0 cm³/mol. The lowest BCUT2D eigenvalue weighted by Crippen LogP contribution is -1.92. The summed E-state index contributed by atoms with van der Waals surface area (Å²) in [7, 11) is 0. The molecule has 0 aliphatic heterocycles. The van der Waals surface area contributed by atoms with Crippen molar-refractivity contribution >= 4 is 60.7 Å². The van der Waals surface area contributed by atoms with Crippen molar-refractivity contribution in [3.63, 3.8) is 0 Å². The number of benzene rings is 1. The van der Waals surface area contributed by atoms with Gasteiger partial charge in [-0.2, -0.15) is 4.98 Å². The first-order valence-electron chi connectivity index (χ1n) is 6.15. The normalized spacial score (nSPS) is 11.0. The summed E-state index contributed by atoms with van der Waals surface area (Å²) in [6.45, 7) is 2.09. The zero-order valence-electron chi connectivity index (χ0n) is 10.9. The van der Waals surface area contributed by atoms with Gasteiger partial charge >= 0.3 is 0 Å². The molecule has 3 rings (SSSR count). The van der Waals surface area contributed by atoms with Crippen molar-refractivity contribution < 1.29 is 4.74 Å². The highest BCUT2D eigenvalue weighted by Gasteiger charge is 2.14. The minimum absolute atomic E-state index is 0.160. The number of nitrogens with zero attached hydrogens (tertiary/aromatic N) is 2. The first kappa shape index (κ1) is 15.0. The summed E-state index contributed by atoms with van der Waals surface area (Å²) in [5.74, 6) is 0.937. The van der Waals surface area contributed by atoms with Crippen molar-refractivity contribution in [3.05, 3.63) is 43.9 Å². The Balaban J connectivity index is 2.11. The third kappa shape index (κ3) is 3.16. The van der Waals surface area contributed by atoms with Crippen LogP contribution in [-0.2, 0) is 6.42 Å². The number of thiophene rings is 1. The minimum atomic E-state index is 0.160. The van der Waals surface area contributed by atoms with Gasteiger partial charge in [-0.15, -0.1) is 11.3 Å². The van der Waals surface area contributed by atoms with E-state index in [2.05, 4.69) is 32.8 Å². The molecule has 21 heavy (non-hydrogen) atoms. The van der Waals surface area contributed by atoms with Gasteiger partial charge in [-0.05, 0) is 42.3 Å². The standard InChI is InChI=1S/C14H9BrCl2N2OS/c1-2-8-6-9-12(18-14(17)19-13(9)21-8)20-11-5-7(15)3-4-10(11)16/h3-6H,2H2,1H3. The minimum Gasteiger partial charge on any atom is -0.437 e. The number of hydrogen-bond acceptors (Lipinski definition) is 4. The highest BCUT2D eigenvalue weighted by Crippen LogP contribution is 2.37. The van der Waals surface area contributed by atoms with Crippen LogP contribution < -0.4 is 4.74 Å². The smallest absolute Gasteiger partial charge is 0.232 e. The molecule has 0 atom stereocenters. The Morgan fingerprint density at radius 3 is 2.81 bits per heavy atom. The van der Waals surface area contributed by atoms with E-state index < -0.39 is 0 Å². The molecule has 1 aromatic carbocycles. The van der Waals surface area contributed by atoms with Gasteiger partial charge in [0.1, 0.15) is 10.6 Å². The summed E-state index contributed by atoms with van der Waals surface area (Å²) in [6, 6.07) is 7.42. The van der Waals surface area contributed by atoms with E-state index in [0.29, 0.717) is 16.7 Å². The van der Waals surface area contributed by atoms with Crippen LogP contribution in [0.4, 0.5) is 0 Å². The second-order valence-electron chi connectivity index (χ2n) is 4.26. The average molecular weight is 404 g/mol. The van der Waals surface area contributed by atoms with Crippen molar-refractivity contribution in [2.75, 3.05) is 0 Å². The fraction of sp³-hybridized carbons (Fsp3) is 0.143. The molecule has 0 amide bonds. The van der Waals surface area contributed by atoms with E-state index in [4.69, 9.17) is 27.9 Å². The summed E-state index contributed by atoms with van der Waals surface area (Å²) >= 11 is 17.1. The molecule has 7 heteroatoms. The zero-order valence-corrected chi connectivity index (χ0v) is 14.8. The van der Waals surface area contributed by atoms with Crippen molar-refractivity contribution in [2.24, 2.45) is 0 Å². The Hall–Kier alpha value is -0.880. The second kappa shape index (κ2) is 6.08. The molecule has 2 aromatic heterocycles. The van der Waals surface area contributed by atoms with Gasteiger partial charge in [0.05, 0.1) is 10.4 Å². The third-order valence-electron chi connectivity index (χ3n) is 2.83. The number of aromatic nitrogens is 2. The van der Waals surface area contributed by atoms with Crippen LogP contribution in [0.5, 0.6) is 11.6 Å². The van der Waals surface area contributed by atoms with Gasteiger partial charge in [0.25, 0.3) is 0 Å². The maximum absolute atomic E-state index is 6.15. The van der Waals surface area contributed by atoms with E-state index in [-0.39, 0.29) is 5.28 Å². The first-order chi connectivity index (χ1) is 10.1. The fourth-order valence-electron chi connectivity index (χ4n) is 1.83. The largest absolute Gasteiger partial charge is 0.437 e. The highest BCUT2D eigenvalue weighted by atomic mass is 79.9. The maximum atomic E-state index is 6.15. The lowest BCUT2D eigenvalue weighted by molar-refractivity contribution is 0.468. The van der Waals surface area contributed by atoms with Gasteiger partial charge in [-0.1, -0.05) is 34.5 Å². The van der Waals surface area contributed by atoms with Gasteiger partial charge in [0.15, 0.2) is 0 Å². The Morgan fingerprint density at radius 2 is 2.05 bits per heavy atom. The van der Waals surface area contributed by atoms with Crippen LogP contribution >= 0.6 is 50.5 Å². The van der Waals surface area contributed by atoms with E-state index in [9.17, 15) is 0 Å². The molecule has 3 aromatic rings. The van der Waals surface area contributed by atoms with Gasteiger partial charge in [-0.25, -0.2) is 4.98 Å². The van der Waals surface area contributed by atoms with Crippen LogP contribution in [0.1, 0.15) is 11.8 Å². The average Bonchev–Trinajstić information content (AvgIpc) is 2.86. The van der Waals surface area contributed by atoms with Crippen molar-refractivity contribution in [1.82, 2.24) is 9.97 Å². The van der Waals surface area contributed by atoms with Crippen LogP contribution in [-0.4, -0.2) is 9.97 Å². The predicted octanol–water partition coefficient (Wildman–Crippen LogP) is 6.12. The molecular formula is C14H9BrCl2N2OS.